The van der Waals surface area contributed by atoms with E-state index < -0.39 is 0 Å². The maximum Gasteiger partial charge on any atom is 0.123 e. The van der Waals surface area contributed by atoms with Crippen molar-refractivity contribution in [2.24, 2.45) is 5.92 Å². The Morgan fingerprint density at radius 1 is 1.05 bits per heavy atom. The van der Waals surface area contributed by atoms with E-state index in [9.17, 15) is 0 Å². The summed E-state index contributed by atoms with van der Waals surface area (Å²) < 4.78 is 22.6. The molecule has 1 unspecified atom stereocenters. The van der Waals surface area contributed by atoms with Crippen LogP contribution in [0.25, 0.3) is 0 Å². The van der Waals surface area contributed by atoms with Crippen LogP contribution in [0.15, 0.2) is 18.2 Å². The molecule has 1 aliphatic carbocycles. The van der Waals surface area contributed by atoms with Gasteiger partial charge in [-0.25, -0.2) is 0 Å². The Morgan fingerprint density at radius 3 is 2.76 bits per heavy atom. The summed E-state index contributed by atoms with van der Waals surface area (Å²) in [4.78, 5) is 0. The van der Waals surface area contributed by atoms with E-state index in [-0.39, 0.29) is 6.10 Å². The first kappa shape index (κ1) is 13.4. The summed E-state index contributed by atoms with van der Waals surface area (Å²) in [5.41, 5.74) is 1.24. The van der Waals surface area contributed by atoms with E-state index in [1.807, 2.05) is 12.1 Å². The van der Waals surface area contributed by atoms with Crippen LogP contribution in [0.1, 0.15) is 24.8 Å². The van der Waals surface area contributed by atoms with Crippen molar-refractivity contribution in [1.29, 1.82) is 0 Å². The lowest BCUT2D eigenvalue weighted by Crippen LogP contribution is -2.28. The lowest BCUT2D eigenvalue weighted by atomic mass is 10.0. The first-order valence-corrected chi connectivity index (χ1v) is 7.98. The van der Waals surface area contributed by atoms with Gasteiger partial charge in [0, 0.05) is 6.61 Å². The summed E-state index contributed by atoms with van der Waals surface area (Å²) in [6.07, 6.45) is 5.22. The zero-order valence-corrected chi connectivity index (χ0v) is 12.3. The van der Waals surface area contributed by atoms with Crippen molar-refractivity contribution >= 4 is 0 Å². The molecule has 4 rings (SSSR count). The highest BCUT2D eigenvalue weighted by Gasteiger charge is 2.25. The molecule has 0 amide bonds. The number of benzene rings is 1. The summed E-state index contributed by atoms with van der Waals surface area (Å²) in [5.74, 6) is 2.71. The highest BCUT2D eigenvalue weighted by atomic mass is 16.6. The van der Waals surface area contributed by atoms with Crippen molar-refractivity contribution < 1.29 is 18.9 Å². The third-order valence-corrected chi connectivity index (χ3v) is 4.25. The van der Waals surface area contributed by atoms with Gasteiger partial charge in [0.2, 0.25) is 0 Å². The smallest absolute Gasteiger partial charge is 0.123 e. The van der Waals surface area contributed by atoms with E-state index >= 15 is 0 Å². The third-order valence-electron chi connectivity index (χ3n) is 4.25. The molecule has 1 saturated heterocycles. The van der Waals surface area contributed by atoms with E-state index in [1.165, 1.54) is 18.4 Å². The quantitative estimate of drug-likeness (QED) is 0.724. The van der Waals surface area contributed by atoms with Crippen LogP contribution < -0.4 is 9.47 Å². The van der Waals surface area contributed by atoms with Gasteiger partial charge in [0.25, 0.3) is 0 Å². The molecule has 2 fully saturated rings. The molecule has 0 aromatic heterocycles. The predicted octanol–water partition coefficient (Wildman–Crippen LogP) is 2.58. The average Bonchev–Trinajstić information content (AvgIpc) is 3.39. The topological polar surface area (TPSA) is 40.2 Å². The minimum Gasteiger partial charge on any atom is -0.491 e. The van der Waals surface area contributed by atoms with Gasteiger partial charge in [-0.15, -0.1) is 0 Å². The van der Waals surface area contributed by atoms with Crippen LogP contribution in [0.2, 0.25) is 0 Å². The van der Waals surface area contributed by atoms with E-state index in [1.54, 1.807) is 0 Å². The zero-order chi connectivity index (χ0) is 14.1. The summed E-state index contributed by atoms with van der Waals surface area (Å²) in [6, 6.07) is 6.10. The van der Waals surface area contributed by atoms with Crippen LogP contribution >= 0.6 is 0 Å². The Hall–Kier alpha value is -1.26. The largest absolute Gasteiger partial charge is 0.491 e. The number of aryl methyl sites for hydroxylation is 1. The van der Waals surface area contributed by atoms with Crippen LogP contribution in [-0.2, 0) is 15.9 Å². The minimum absolute atomic E-state index is 0.197. The molecule has 4 heteroatoms. The molecule has 1 aromatic rings. The Kier molecular flexibility index (Phi) is 3.74. The van der Waals surface area contributed by atoms with Crippen molar-refractivity contribution in [3.05, 3.63) is 23.8 Å². The van der Waals surface area contributed by atoms with Crippen molar-refractivity contribution in [1.82, 2.24) is 0 Å². The second-order valence-electron chi connectivity index (χ2n) is 6.30. The normalized spacial score (nSPS) is 26.9. The number of hydrogen-bond donors (Lipinski definition) is 0. The van der Waals surface area contributed by atoms with E-state index in [2.05, 4.69) is 6.07 Å². The van der Waals surface area contributed by atoms with Crippen LogP contribution in [-0.4, -0.2) is 38.6 Å². The molecular formula is C17H22O4. The molecule has 3 aliphatic rings. The van der Waals surface area contributed by atoms with E-state index in [4.69, 9.17) is 18.9 Å². The third kappa shape index (κ3) is 3.69. The monoisotopic (exact) mass is 290 g/mol. The first-order chi connectivity index (χ1) is 10.4. The predicted molar refractivity (Wildman–Crippen MR) is 78.0 cm³/mol. The first-order valence-electron chi connectivity index (χ1n) is 7.98. The van der Waals surface area contributed by atoms with Crippen LogP contribution in [0.4, 0.5) is 0 Å². The van der Waals surface area contributed by atoms with Crippen molar-refractivity contribution in [2.75, 3.05) is 26.4 Å². The Labute approximate surface area is 125 Å². The molecule has 21 heavy (non-hydrogen) atoms. The second kappa shape index (κ2) is 5.85. The lowest BCUT2D eigenvalue weighted by Gasteiger charge is -2.26. The fourth-order valence-corrected chi connectivity index (χ4v) is 2.63. The lowest BCUT2D eigenvalue weighted by molar-refractivity contribution is 0.0353. The number of ether oxygens (including phenoxy) is 4. The van der Waals surface area contributed by atoms with Crippen LogP contribution in [0, 0.1) is 5.92 Å². The number of epoxide rings is 1. The molecule has 0 spiro atoms. The van der Waals surface area contributed by atoms with Gasteiger partial charge >= 0.3 is 0 Å². The maximum atomic E-state index is 6.02. The van der Waals surface area contributed by atoms with Gasteiger partial charge in [0.1, 0.15) is 30.3 Å². The highest BCUT2D eigenvalue weighted by Crippen LogP contribution is 2.32. The fourth-order valence-electron chi connectivity index (χ4n) is 2.63. The van der Waals surface area contributed by atoms with Crippen LogP contribution in [0.3, 0.4) is 0 Å². The Balaban J connectivity index is 1.29. The molecule has 0 N–H and O–H groups in total. The molecule has 1 saturated carbocycles. The van der Waals surface area contributed by atoms with Crippen molar-refractivity contribution in [3.8, 4) is 11.5 Å². The second-order valence-corrected chi connectivity index (χ2v) is 6.30. The molecule has 1 aromatic carbocycles. The molecule has 4 nitrogen and oxygen atoms in total. The molecule has 2 aliphatic heterocycles. The number of rotatable bonds is 7. The maximum absolute atomic E-state index is 6.02. The fraction of sp³-hybridized carbons (Fsp3) is 0.647. The van der Waals surface area contributed by atoms with E-state index in [0.29, 0.717) is 19.3 Å². The highest BCUT2D eigenvalue weighted by molar-refractivity contribution is 5.41. The SMILES string of the molecule is c1cc2c(cc1OC[C@@H]1CO1)CCC(COCC1CC1)O2. The standard InChI is InChI=1S/C17H22O4/c1-2-12(1)8-18-9-15-4-3-13-7-14(5-6-17(13)21-15)19-10-16-11-20-16/h5-7,12,15-16H,1-4,8-11H2/t15?,16-/m1/s1. The summed E-state index contributed by atoms with van der Waals surface area (Å²) in [7, 11) is 0. The van der Waals surface area contributed by atoms with Gasteiger partial charge in [-0.1, -0.05) is 0 Å². The van der Waals surface area contributed by atoms with Gasteiger partial charge in [0.05, 0.1) is 13.2 Å². The summed E-state index contributed by atoms with van der Waals surface area (Å²) >= 11 is 0. The minimum atomic E-state index is 0.197. The molecule has 2 atom stereocenters. The molecule has 2 heterocycles. The molecule has 0 bridgehead atoms. The molecular weight excluding hydrogens is 268 g/mol. The van der Waals surface area contributed by atoms with E-state index in [0.717, 1.165) is 43.5 Å². The summed E-state index contributed by atoms with van der Waals surface area (Å²) in [6.45, 7) is 3.10. The van der Waals surface area contributed by atoms with Gasteiger partial charge < -0.3 is 18.9 Å². The van der Waals surface area contributed by atoms with Gasteiger partial charge in [-0.2, -0.15) is 0 Å². The van der Waals surface area contributed by atoms with Crippen molar-refractivity contribution in [3.63, 3.8) is 0 Å². The number of hydrogen-bond acceptors (Lipinski definition) is 4. The average molecular weight is 290 g/mol. The number of fused-ring (bicyclic) bond motifs is 1. The van der Waals surface area contributed by atoms with Gasteiger partial charge in [0.15, 0.2) is 0 Å². The molecule has 114 valence electrons. The van der Waals surface area contributed by atoms with Gasteiger partial charge in [-0.05, 0) is 55.4 Å². The Bertz CT molecular complexity index is 494. The summed E-state index contributed by atoms with van der Waals surface area (Å²) in [5, 5.41) is 0. The molecule has 0 radical (unpaired) electrons. The Morgan fingerprint density at radius 2 is 1.95 bits per heavy atom. The van der Waals surface area contributed by atoms with Crippen molar-refractivity contribution in [2.45, 2.75) is 37.9 Å². The van der Waals surface area contributed by atoms with Crippen LogP contribution in [0.5, 0.6) is 11.5 Å². The zero-order valence-electron chi connectivity index (χ0n) is 12.3. The van der Waals surface area contributed by atoms with Gasteiger partial charge in [-0.3, -0.25) is 0 Å².